The second kappa shape index (κ2) is 7.35. The Bertz CT molecular complexity index is 459. The van der Waals surface area contributed by atoms with E-state index in [2.05, 4.69) is 15.1 Å². The van der Waals surface area contributed by atoms with Gasteiger partial charge in [0.2, 0.25) is 0 Å². The Labute approximate surface area is 124 Å². The maximum atomic E-state index is 12.0. The van der Waals surface area contributed by atoms with E-state index in [1.807, 2.05) is 28.1 Å². The summed E-state index contributed by atoms with van der Waals surface area (Å²) in [6, 6.07) is 0. The van der Waals surface area contributed by atoms with Gasteiger partial charge in [0.05, 0.1) is 7.11 Å². The van der Waals surface area contributed by atoms with Crippen LogP contribution in [0.15, 0.2) is 0 Å². The molecule has 0 aliphatic rings. The third-order valence-electron chi connectivity index (χ3n) is 2.86. The lowest BCUT2D eigenvalue weighted by Gasteiger charge is -2.20. The number of nitrogens with two attached hydrogens (primary N) is 1. The Balaban J connectivity index is 3.01. The van der Waals surface area contributed by atoms with Crippen LogP contribution in [-0.4, -0.2) is 58.7 Å². The lowest BCUT2D eigenvalue weighted by molar-refractivity contribution is 0.0960. The van der Waals surface area contributed by atoms with Crippen molar-refractivity contribution in [2.45, 2.75) is 6.92 Å². The zero-order valence-corrected chi connectivity index (χ0v) is 13.6. The first-order valence-corrected chi connectivity index (χ1v) is 7.34. The molecule has 0 spiro atoms. The number of rotatable bonds is 7. The summed E-state index contributed by atoms with van der Waals surface area (Å²) in [5, 5.41) is 3.65. The third-order valence-corrected chi connectivity index (χ3v) is 4.16. The van der Waals surface area contributed by atoms with E-state index in [1.165, 1.54) is 11.3 Å². The molecule has 7 heteroatoms. The van der Waals surface area contributed by atoms with Gasteiger partial charge in [-0.25, -0.2) is 0 Å². The van der Waals surface area contributed by atoms with Gasteiger partial charge < -0.3 is 25.6 Å². The number of hydrogen-bond acceptors (Lipinski definition) is 6. The highest BCUT2D eigenvalue weighted by molar-refractivity contribution is 7.19. The molecule has 0 aliphatic carbocycles. The molecule has 114 valence electrons. The van der Waals surface area contributed by atoms with Crippen molar-refractivity contribution in [2.75, 3.05) is 58.5 Å². The number of methoxy groups -OCH3 is 1. The number of likely N-dealkylation sites (N-methyl/N-ethyl adjacent to an activating group) is 2. The van der Waals surface area contributed by atoms with Gasteiger partial charge in [0.25, 0.3) is 5.91 Å². The van der Waals surface area contributed by atoms with E-state index in [4.69, 9.17) is 10.5 Å². The van der Waals surface area contributed by atoms with Crippen molar-refractivity contribution in [3.05, 3.63) is 4.88 Å². The molecule has 0 saturated carbocycles. The number of hydrogen-bond donors (Lipinski definition) is 2. The Morgan fingerprint density at radius 2 is 2.00 bits per heavy atom. The monoisotopic (exact) mass is 300 g/mol. The predicted molar refractivity (Wildman–Crippen MR) is 85.1 cm³/mol. The molecule has 1 aromatic heterocycles. The lowest BCUT2D eigenvalue weighted by Crippen LogP contribution is -2.28. The van der Waals surface area contributed by atoms with Crippen molar-refractivity contribution in [3.8, 4) is 5.75 Å². The summed E-state index contributed by atoms with van der Waals surface area (Å²) in [5.41, 5.74) is 6.44. The van der Waals surface area contributed by atoms with Crippen molar-refractivity contribution in [1.29, 1.82) is 0 Å². The van der Waals surface area contributed by atoms with E-state index >= 15 is 0 Å². The second-order valence-electron chi connectivity index (χ2n) is 4.77. The maximum absolute atomic E-state index is 12.0. The summed E-state index contributed by atoms with van der Waals surface area (Å²) in [7, 11) is 7.59. The molecule has 0 bridgehead atoms. The van der Waals surface area contributed by atoms with Crippen LogP contribution in [0.2, 0.25) is 0 Å². The summed E-state index contributed by atoms with van der Waals surface area (Å²) in [4.78, 5) is 16.6. The fraction of sp³-hybridized carbons (Fsp3) is 0.615. The summed E-state index contributed by atoms with van der Waals surface area (Å²) < 4.78 is 5.36. The van der Waals surface area contributed by atoms with E-state index in [1.54, 1.807) is 7.11 Å². The quantitative estimate of drug-likeness (QED) is 0.789. The molecule has 1 rings (SSSR count). The number of nitrogen functional groups attached to an aromatic ring is 1. The minimum atomic E-state index is -0.152. The molecule has 0 unspecified atom stereocenters. The highest BCUT2D eigenvalue weighted by atomic mass is 32.1. The highest BCUT2D eigenvalue weighted by Gasteiger charge is 2.23. The number of ether oxygens (including phenoxy) is 1. The van der Waals surface area contributed by atoms with Gasteiger partial charge in [0.15, 0.2) is 5.75 Å². The topological polar surface area (TPSA) is 70.8 Å². The number of nitrogens with zero attached hydrogens (tertiary/aromatic N) is 2. The molecule has 0 radical (unpaired) electrons. The minimum Gasteiger partial charge on any atom is -0.492 e. The zero-order valence-electron chi connectivity index (χ0n) is 12.8. The molecule has 1 aromatic rings. The van der Waals surface area contributed by atoms with E-state index in [-0.39, 0.29) is 5.91 Å². The number of nitrogens with one attached hydrogen (secondary N) is 1. The lowest BCUT2D eigenvalue weighted by atomic mass is 10.3. The van der Waals surface area contributed by atoms with Gasteiger partial charge in [0, 0.05) is 26.7 Å². The van der Waals surface area contributed by atoms with Gasteiger partial charge in [-0.2, -0.15) is 0 Å². The van der Waals surface area contributed by atoms with Crippen LogP contribution in [0.25, 0.3) is 0 Å². The van der Waals surface area contributed by atoms with E-state index in [0.29, 0.717) is 22.9 Å². The van der Waals surface area contributed by atoms with Gasteiger partial charge in [-0.05, 0) is 21.0 Å². The van der Waals surface area contributed by atoms with Crippen LogP contribution in [0, 0.1) is 0 Å². The normalized spacial score (nSPS) is 10.7. The molecule has 0 saturated heterocycles. The zero-order chi connectivity index (χ0) is 15.3. The number of anilines is 2. The first-order valence-electron chi connectivity index (χ1n) is 6.52. The summed E-state index contributed by atoms with van der Waals surface area (Å²) in [6.45, 7) is 4.19. The Morgan fingerprint density at radius 1 is 1.35 bits per heavy atom. The Kier molecular flexibility index (Phi) is 6.09. The van der Waals surface area contributed by atoms with E-state index < -0.39 is 0 Å². The molecular formula is C13H24N4O2S. The van der Waals surface area contributed by atoms with Crippen LogP contribution >= 0.6 is 11.3 Å². The van der Waals surface area contributed by atoms with Gasteiger partial charge in [-0.3, -0.25) is 4.79 Å². The molecule has 0 atom stereocenters. The van der Waals surface area contributed by atoms with Crippen molar-refractivity contribution in [1.82, 2.24) is 10.2 Å². The molecular weight excluding hydrogens is 276 g/mol. The minimum absolute atomic E-state index is 0.152. The predicted octanol–water partition coefficient (Wildman–Crippen LogP) is 1.09. The molecule has 0 fully saturated rings. The Hall–Kier alpha value is -1.47. The number of carbonyl (C=O) groups excluding carboxylic acids is 1. The Morgan fingerprint density at radius 3 is 2.50 bits per heavy atom. The molecule has 1 amide bonds. The van der Waals surface area contributed by atoms with Gasteiger partial charge >= 0.3 is 0 Å². The number of carbonyl (C=O) groups is 1. The van der Waals surface area contributed by atoms with E-state index in [9.17, 15) is 4.79 Å². The van der Waals surface area contributed by atoms with Crippen LogP contribution in [-0.2, 0) is 0 Å². The fourth-order valence-corrected chi connectivity index (χ4v) is 2.82. The van der Waals surface area contributed by atoms with Crippen molar-refractivity contribution < 1.29 is 9.53 Å². The molecule has 0 aromatic carbocycles. The number of thiophene rings is 1. The molecule has 20 heavy (non-hydrogen) atoms. The van der Waals surface area contributed by atoms with Crippen LogP contribution in [0.3, 0.4) is 0 Å². The van der Waals surface area contributed by atoms with Crippen LogP contribution in [0.4, 0.5) is 10.7 Å². The van der Waals surface area contributed by atoms with Crippen LogP contribution < -0.4 is 20.7 Å². The average molecular weight is 300 g/mol. The van der Waals surface area contributed by atoms with Crippen LogP contribution in [0.5, 0.6) is 5.75 Å². The molecule has 6 nitrogen and oxygen atoms in total. The smallest absolute Gasteiger partial charge is 0.263 e. The fourth-order valence-electron chi connectivity index (χ4n) is 1.73. The van der Waals surface area contributed by atoms with Gasteiger partial charge in [-0.15, -0.1) is 11.3 Å². The van der Waals surface area contributed by atoms with Crippen LogP contribution in [0.1, 0.15) is 16.6 Å². The molecule has 1 heterocycles. The first kappa shape index (κ1) is 16.6. The molecule has 3 N–H and O–H groups in total. The van der Waals surface area contributed by atoms with Gasteiger partial charge in [0.1, 0.15) is 15.6 Å². The summed E-state index contributed by atoms with van der Waals surface area (Å²) >= 11 is 1.36. The first-order chi connectivity index (χ1) is 9.42. The SMILES string of the molecule is CCNC(=O)c1sc(N(C)CCN(C)C)c(OC)c1N. The third kappa shape index (κ3) is 3.77. The van der Waals surface area contributed by atoms with Crippen molar-refractivity contribution in [3.63, 3.8) is 0 Å². The summed E-state index contributed by atoms with van der Waals surface area (Å²) in [5.74, 6) is 0.429. The average Bonchev–Trinajstić information content (AvgIpc) is 2.73. The summed E-state index contributed by atoms with van der Waals surface area (Å²) in [6.07, 6.45) is 0. The molecule has 0 aliphatic heterocycles. The van der Waals surface area contributed by atoms with Gasteiger partial charge in [-0.1, -0.05) is 0 Å². The highest BCUT2D eigenvalue weighted by Crippen LogP contribution is 2.44. The largest absolute Gasteiger partial charge is 0.492 e. The second-order valence-corrected chi connectivity index (χ2v) is 5.77. The number of amides is 1. The van der Waals surface area contributed by atoms with Crippen molar-refractivity contribution >= 4 is 27.9 Å². The maximum Gasteiger partial charge on any atom is 0.263 e. The van der Waals surface area contributed by atoms with Crippen molar-refractivity contribution in [2.24, 2.45) is 0 Å². The van der Waals surface area contributed by atoms with E-state index in [0.717, 1.165) is 18.1 Å². The standard InChI is InChI=1S/C13H24N4O2S/c1-6-15-12(18)11-9(14)10(19-5)13(20-11)17(4)8-7-16(2)3/h6-8,14H2,1-5H3,(H,15,18).